The summed E-state index contributed by atoms with van der Waals surface area (Å²) in [5.74, 6) is 1.39. The van der Waals surface area contributed by atoms with Gasteiger partial charge in [0.05, 0.1) is 23.9 Å². The highest BCUT2D eigenvalue weighted by Crippen LogP contribution is 2.34. The van der Waals surface area contributed by atoms with Gasteiger partial charge >= 0.3 is 0 Å². The number of ether oxygens (including phenoxy) is 2. The maximum absolute atomic E-state index is 6.55. The summed E-state index contributed by atoms with van der Waals surface area (Å²) in [6, 6.07) is 21.9. The first-order chi connectivity index (χ1) is 14.2. The molecule has 4 nitrogen and oxygen atoms in total. The third kappa shape index (κ3) is 4.41. The number of benzene rings is 3. The Morgan fingerprint density at radius 1 is 1.00 bits per heavy atom. The predicted molar refractivity (Wildman–Crippen MR) is 121 cm³/mol. The van der Waals surface area contributed by atoms with Gasteiger partial charge in [-0.25, -0.2) is 4.68 Å². The van der Waals surface area contributed by atoms with Crippen LogP contribution in [0.2, 0.25) is 5.02 Å². The molecule has 0 aliphatic rings. The van der Waals surface area contributed by atoms with Crippen LogP contribution in [0.25, 0.3) is 22.0 Å². The lowest BCUT2D eigenvalue weighted by Gasteiger charge is -2.12. The summed E-state index contributed by atoms with van der Waals surface area (Å²) in [6.07, 6.45) is 0. The molecule has 0 fully saturated rings. The molecule has 0 saturated carbocycles. The fourth-order valence-corrected chi connectivity index (χ4v) is 3.84. The molecular weight excluding hydrogens is 452 g/mol. The van der Waals surface area contributed by atoms with Crippen LogP contribution in [0.5, 0.6) is 11.6 Å². The Morgan fingerprint density at radius 2 is 1.83 bits per heavy atom. The molecule has 0 aliphatic heterocycles. The van der Waals surface area contributed by atoms with E-state index in [2.05, 4.69) is 21.0 Å². The van der Waals surface area contributed by atoms with Gasteiger partial charge in [-0.15, -0.1) is 0 Å². The van der Waals surface area contributed by atoms with Crippen molar-refractivity contribution >= 4 is 38.3 Å². The number of hydrogen-bond acceptors (Lipinski definition) is 3. The standard InChI is InChI=1S/C23H20BrClN2O2/c1-2-28-22-15-20(16-6-4-3-5-7-16)26-27(22)12-13-29-21-11-8-17-14-18(24)9-10-19(17)23(21)25/h3-11,14-15H,2,12-13H2,1H3. The van der Waals surface area contributed by atoms with Crippen LogP contribution in [-0.2, 0) is 6.54 Å². The second kappa shape index (κ2) is 8.89. The summed E-state index contributed by atoms with van der Waals surface area (Å²) in [5, 5.41) is 7.33. The van der Waals surface area contributed by atoms with E-state index in [4.69, 9.17) is 21.1 Å². The highest BCUT2D eigenvalue weighted by Gasteiger charge is 2.12. The summed E-state index contributed by atoms with van der Waals surface area (Å²) in [4.78, 5) is 0. The number of fused-ring (bicyclic) bond motifs is 1. The van der Waals surface area contributed by atoms with Crippen molar-refractivity contribution in [3.8, 4) is 22.9 Å². The van der Waals surface area contributed by atoms with Crippen molar-refractivity contribution in [3.05, 3.63) is 76.2 Å². The van der Waals surface area contributed by atoms with E-state index in [0.29, 0.717) is 30.5 Å². The molecule has 29 heavy (non-hydrogen) atoms. The number of rotatable bonds is 7. The minimum absolute atomic E-state index is 0.428. The molecule has 0 aliphatic carbocycles. The van der Waals surface area contributed by atoms with E-state index in [0.717, 1.165) is 32.4 Å². The molecule has 4 aromatic rings. The number of hydrogen-bond donors (Lipinski definition) is 0. The minimum atomic E-state index is 0.428. The fraction of sp³-hybridized carbons (Fsp3) is 0.174. The van der Waals surface area contributed by atoms with Crippen molar-refractivity contribution in [2.45, 2.75) is 13.5 Å². The Kier molecular flexibility index (Phi) is 6.07. The van der Waals surface area contributed by atoms with Gasteiger partial charge < -0.3 is 9.47 Å². The zero-order valence-corrected chi connectivity index (χ0v) is 18.3. The summed E-state index contributed by atoms with van der Waals surface area (Å²) in [5.41, 5.74) is 1.93. The van der Waals surface area contributed by atoms with Crippen LogP contribution < -0.4 is 9.47 Å². The van der Waals surface area contributed by atoms with Crippen LogP contribution in [-0.4, -0.2) is 23.0 Å². The van der Waals surface area contributed by atoms with Crippen LogP contribution in [0.4, 0.5) is 0 Å². The molecular formula is C23H20BrClN2O2. The first-order valence-corrected chi connectivity index (χ1v) is 10.6. The first-order valence-electron chi connectivity index (χ1n) is 9.42. The van der Waals surface area contributed by atoms with Gasteiger partial charge in [0.2, 0.25) is 5.88 Å². The van der Waals surface area contributed by atoms with Crippen molar-refractivity contribution in [1.82, 2.24) is 9.78 Å². The SMILES string of the molecule is CCOc1cc(-c2ccccc2)nn1CCOc1ccc2cc(Br)ccc2c1Cl. The van der Waals surface area contributed by atoms with Crippen LogP contribution in [0.15, 0.2) is 71.2 Å². The molecule has 0 atom stereocenters. The van der Waals surface area contributed by atoms with E-state index in [9.17, 15) is 0 Å². The van der Waals surface area contributed by atoms with Gasteiger partial charge in [0.15, 0.2) is 0 Å². The Balaban J connectivity index is 1.50. The monoisotopic (exact) mass is 470 g/mol. The molecule has 0 amide bonds. The lowest BCUT2D eigenvalue weighted by molar-refractivity contribution is 0.260. The zero-order chi connectivity index (χ0) is 20.2. The molecule has 0 radical (unpaired) electrons. The predicted octanol–water partition coefficient (Wildman–Crippen LogP) is 6.60. The van der Waals surface area contributed by atoms with E-state index in [1.807, 2.05) is 78.3 Å². The first kappa shape index (κ1) is 19.8. The average Bonchev–Trinajstić information content (AvgIpc) is 3.13. The quantitative estimate of drug-likeness (QED) is 0.305. The third-order valence-corrected chi connectivity index (χ3v) is 5.43. The third-order valence-electron chi connectivity index (χ3n) is 4.55. The maximum atomic E-state index is 6.55. The van der Waals surface area contributed by atoms with Gasteiger partial charge in [-0.2, -0.15) is 5.10 Å². The average molecular weight is 472 g/mol. The molecule has 1 heterocycles. The van der Waals surface area contributed by atoms with Gasteiger partial charge in [-0.3, -0.25) is 0 Å². The molecule has 4 rings (SSSR count). The highest BCUT2D eigenvalue weighted by atomic mass is 79.9. The number of aromatic nitrogens is 2. The lowest BCUT2D eigenvalue weighted by Crippen LogP contribution is -2.11. The molecule has 0 unspecified atom stereocenters. The summed E-state index contributed by atoms with van der Waals surface area (Å²) in [6.45, 7) is 3.52. The van der Waals surface area contributed by atoms with Crippen LogP contribution >= 0.6 is 27.5 Å². The minimum Gasteiger partial charge on any atom is -0.490 e. The molecule has 0 spiro atoms. The molecule has 0 N–H and O–H groups in total. The van der Waals surface area contributed by atoms with Crippen molar-refractivity contribution < 1.29 is 9.47 Å². The van der Waals surface area contributed by atoms with E-state index >= 15 is 0 Å². The molecule has 3 aromatic carbocycles. The number of nitrogens with zero attached hydrogens (tertiary/aromatic N) is 2. The van der Waals surface area contributed by atoms with E-state index in [1.165, 1.54) is 0 Å². The molecule has 6 heteroatoms. The van der Waals surface area contributed by atoms with Crippen LogP contribution in [0, 0.1) is 0 Å². The van der Waals surface area contributed by atoms with E-state index < -0.39 is 0 Å². The van der Waals surface area contributed by atoms with Gasteiger partial charge in [-0.05, 0) is 30.5 Å². The second-order valence-corrected chi connectivity index (χ2v) is 7.78. The van der Waals surface area contributed by atoms with Crippen LogP contribution in [0.1, 0.15) is 6.92 Å². The van der Waals surface area contributed by atoms with Crippen LogP contribution in [0.3, 0.4) is 0 Å². The summed E-state index contributed by atoms with van der Waals surface area (Å²) < 4.78 is 14.6. The Bertz CT molecular complexity index is 1130. The lowest BCUT2D eigenvalue weighted by atomic mass is 10.1. The van der Waals surface area contributed by atoms with Crippen molar-refractivity contribution in [3.63, 3.8) is 0 Å². The smallest absolute Gasteiger partial charge is 0.212 e. The molecule has 1 aromatic heterocycles. The second-order valence-electron chi connectivity index (χ2n) is 6.48. The van der Waals surface area contributed by atoms with Crippen molar-refractivity contribution in [2.24, 2.45) is 0 Å². The molecule has 0 bridgehead atoms. The van der Waals surface area contributed by atoms with Gasteiger partial charge in [-0.1, -0.05) is 70.0 Å². The Labute approximate surface area is 183 Å². The topological polar surface area (TPSA) is 36.3 Å². The largest absolute Gasteiger partial charge is 0.490 e. The van der Waals surface area contributed by atoms with Crippen molar-refractivity contribution in [1.29, 1.82) is 0 Å². The van der Waals surface area contributed by atoms with Gasteiger partial charge in [0, 0.05) is 21.5 Å². The van der Waals surface area contributed by atoms with Gasteiger partial charge in [0.1, 0.15) is 12.4 Å². The van der Waals surface area contributed by atoms with Gasteiger partial charge in [0.25, 0.3) is 0 Å². The molecule has 0 saturated heterocycles. The summed E-state index contributed by atoms with van der Waals surface area (Å²) in [7, 11) is 0. The van der Waals surface area contributed by atoms with Crippen molar-refractivity contribution in [2.75, 3.05) is 13.2 Å². The van der Waals surface area contributed by atoms with E-state index in [1.54, 1.807) is 0 Å². The highest BCUT2D eigenvalue weighted by molar-refractivity contribution is 9.10. The zero-order valence-electron chi connectivity index (χ0n) is 15.9. The number of halogens is 2. The maximum Gasteiger partial charge on any atom is 0.212 e. The molecule has 148 valence electrons. The Hall–Kier alpha value is -2.50. The normalized spacial score (nSPS) is 11.0. The Morgan fingerprint density at radius 3 is 2.62 bits per heavy atom. The summed E-state index contributed by atoms with van der Waals surface area (Å²) >= 11 is 10.0. The van der Waals surface area contributed by atoms with E-state index in [-0.39, 0.29) is 0 Å². The fourth-order valence-electron chi connectivity index (χ4n) is 3.17.